The zero-order valence-corrected chi connectivity index (χ0v) is 11.4. The molecule has 0 spiro atoms. The molecule has 19 heavy (non-hydrogen) atoms. The maximum absolute atomic E-state index is 11.6. The van der Waals surface area contributed by atoms with Crippen molar-refractivity contribution in [1.82, 2.24) is 15.5 Å². The predicted octanol–water partition coefficient (Wildman–Crippen LogP) is 0.625. The molecule has 8 nitrogen and oxygen atoms in total. The van der Waals surface area contributed by atoms with Crippen molar-refractivity contribution in [3.63, 3.8) is 0 Å². The van der Waals surface area contributed by atoms with Gasteiger partial charge in [-0.15, -0.1) is 10.2 Å². The predicted molar refractivity (Wildman–Crippen MR) is 69.6 cm³/mol. The van der Waals surface area contributed by atoms with E-state index in [-0.39, 0.29) is 17.8 Å². The maximum atomic E-state index is 11.6. The molecule has 2 rings (SSSR count). The summed E-state index contributed by atoms with van der Waals surface area (Å²) in [5.41, 5.74) is 0. The third-order valence-electron chi connectivity index (χ3n) is 2.21. The number of urea groups is 1. The molecule has 1 saturated heterocycles. The van der Waals surface area contributed by atoms with E-state index in [0.29, 0.717) is 22.7 Å². The highest BCUT2D eigenvalue weighted by atomic mass is 32.2. The smallest absolute Gasteiger partial charge is 0.321 e. The van der Waals surface area contributed by atoms with Crippen LogP contribution >= 0.6 is 23.1 Å². The third kappa shape index (κ3) is 4.65. The molecule has 1 atom stereocenters. The van der Waals surface area contributed by atoms with Gasteiger partial charge in [-0.1, -0.05) is 23.1 Å². The average molecular weight is 304 g/mol. The van der Waals surface area contributed by atoms with E-state index in [2.05, 4.69) is 20.8 Å². The van der Waals surface area contributed by atoms with E-state index in [0.717, 1.165) is 29.5 Å². The standard InChI is InChI=1S/C9H12N4O4S2/c14-6(15)4-18-9-13-12-8(19-9)11-7(16)10-5-1-2-17-3-5/h5H,1-4H2,(H,14,15)(H2,10,11,12,16). The van der Waals surface area contributed by atoms with E-state index in [1.165, 1.54) is 0 Å². The van der Waals surface area contributed by atoms with Crippen LogP contribution in [0, 0.1) is 0 Å². The summed E-state index contributed by atoms with van der Waals surface area (Å²) in [6.07, 6.45) is 0.795. The van der Waals surface area contributed by atoms with Crippen LogP contribution in [0.3, 0.4) is 0 Å². The first-order chi connectivity index (χ1) is 9.13. The highest BCUT2D eigenvalue weighted by Crippen LogP contribution is 2.25. The molecule has 2 amide bonds. The molecule has 10 heteroatoms. The second-order valence-corrected chi connectivity index (χ2v) is 5.91. The van der Waals surface area contributed by atoms with Crippen LogP contribution in [0.4, 0.5) is 9.93 Å². The van der Waals surface area contributed by atoms with Crippen molar-refractivity contribution < 1.29 is 19.4 Å². The number of anilines is 1. The van der Waals surface area contributed by atoms with E-state index >= 15 is 0 Å². The molecule has 0 bridgehead atoms. The minimum Gasteiger partial charge on any atom is -0.481 e. The molecule has 1 aromatic rings. The first kappa shape index (κ1) is 14.0. The Morgan fingerprint density at radius 1 is 1.53 bits per heavy atom. The fourth-order valence-electron chi connectivity index (χ4n) is 1.41. The molecule has 3 N–H and O–H groups in total. The van der Waals surface area contributed by atoms with Gasteiger partial charge in [0, 0.05) is 6.61 Å². The van der Waals surface area contributed by atoms with Crippen molar-refractivity contribution in [3.05, 3.63) is 0 Å². The number of thioether (sulfide) groups is 1. The van der Waals surface area contributed by atoms with Crippen LogP contribution in [0.2, 0.25) is 0 Å². The molecular weight excluding hydrogens is 292 g/mol. The van der Waals surface area contributed by atoms with Crippen LogP contribution in [-0.2, 0) is 9.53 Å². The molecule has 0 radical (unpaired) electrons. The van der Waals surface area contributed by atoms with Crippen LogP contribution < -0.4 is 10.6 Å². The van der Waals surface area contributed by atoms with Gasteiger partial charge < -0.3 is 15.2 Å². The average Bonchev–Trinajstić information content (AvgIpc) is 2.98. The lowest BCUT2D eigenvalue weighted by Gasteiger charge is -2.09. The lowest BCUT2D eigenvalue weighted by atomic mass is 10.3. The minimum atomic E-state index is -0.923. The molecule has 104 valence electrons. The Morgan fingerprint density at radius 2 is 2.37 bits per heavy atom. The normalized spacial score (nSPS) is 18.2. The molecule has 1 aliphatic heterocycles. The number of carboxylic acid groups (broad SMARTS) is 1. The third-order valence-corrected chi connectivity index (χ3v) is 4.17. The summed E-state index contributed by atoms with van der Waals surface area (Å²) >= 11 is 2.20. The summed E-state index contributed by atoms with van der Waals surface area (Å²) in [7, 11) is 0. The number of rotatable bonds is 5. The van der Waals surface area contributed by atoms with Crippen molar-refractivity contribution in [2.45, 2.75) is 16.8 Å². The number of carbonyl (C=O) groups excluding carboxylic acids is 1. The van der Waals surface area contributed by atoms with Gasteiger partial charge in [0.25, 0.3) is 0 Å². The summed E-state index contributed by atoms with van der Waals surface area (Å²) in [5, 5.41) is 21.7. The molecule has 1 fully saturated rings. The first-order valence-electron chi connectivity index (χ1n) is 5.47. The molecule has 2 heterocycles. The van der Waals surface area contributed by atoms with Gasteiger partial charge in [0.1, 0.15) is 0 Å². The van der Waals surface area contributed by atoms with Gasteiger partial charge in [-0.2, -0.15) is 0 Å². The number of amides is 2. The summed E-state index contributed by atoms with van der Waals surface area (Å²) in [6.45, 7) is 1.17. The number of nitrogens with one attached hydrogen (secondary N) is 2. The van der Waals surface area contributed by atoms with E-state index in [1.807, 2.05) is 0 Å². The van der Waals surface area contributed by atoms with Gasteiger partial charge in [0.15, 0.2) is 4.34 Å². The Balaban J connectivity index is 1.78. The molecule has 0 aromatic carbocycles. The fraction of sp³-hybridized carbons (Fsp3) is 0.556. The van der Waals surface area contributed by atoms with E-state index in [9.17, 15) is 9.59 Å². The van der Waals surface area contributed by atoms with Gasteiger partial charge in [-0.05, 0) is 6.42 Å². The number of hydrogen-bond acceptors (Lipinski definition) is 7. The number of carbonyl (C=O) groups is 2. The highest BCUT2D eigenvalue weighted by Gasteiger charge is 2.18. The Bertz CT molecular complexity index is 461. The van der Waals surface area contributed by atoms with E-state index < -0.39 is 5.97 Å². The van der Waals surface area contributed by atoms with Gasteiger partial charge in [0.05, 0.1) is 18.4 Å². The summed E-state index contributed by atoms with van der Waals surface area (Å²) in [4.78, 5) is 22.0. The Hall–Kier alpha value is -1.39. The lowest BCUT2D eigenvalue weighted by Crippen LogP contribution is -2.38. The van der Waals surface area contributed by atoms with Crippen LogP contribution in [0.5, 0.6) is 0 Å². The number of nitrogens with zero attached hydrogens (tertiary/aromatic N) is 2. The van der Waals surface area contributed by atoms with Gasteiger partial charge >= 0.3 is 12.0 Å². The molecule has 1 unspecified atom stereocenters. The minimum absolute atomic E-state index is 0.0220. The zero-order chi connectivity index (χ0) is 13.7. The topological polar surface area (TPSA) is 113 Å². The number of carboxylic acids is 1. The van der Waals surface area contributed by atoms with Crippen molar-refractivity contribution in [2.24, 2.45) is 0 Å². The van der Waals surface area contributed by atoms with Crippen molar-refractivity contribution >= 4 is 40.2 Å². The molecule has 0 aliphatic carbocycles. The molecule has 0 saturated carbocycles. The number of hydrogen-bond donors (Lipinski definition) is 3. The summed E-state index contributed by atoms with van der Waals surface area (Å²) in [5.74, 6) is -1.01. The van der Waals surface area contributed by atoms with Gasteiger partial charge in [-0.25, -0.2) is 4.79 Å². The Kier molecular flexibility index (Phi) is 4.93. The largest absolute Gasteiger partial charge is 0.481 e. The fourth-order valence-corrected chi connectivity index (χ4v) is 2.88. The maximum Gasteiger partial charge on any atom is 0.321 e. The van der Waals surface area contributed by atoms with Crippen molar-refractivity contribution in [2.75, 3.05) is 24.3 Å². The van der Waals surface area contributed by atoms with Crippen molar-refractivity contribution in [3.8, 4) is 0 Å². The van der Waals surface area contributed by atoms with Crippen LogP contribution in [0.25, 0.3) is 0 Å². The lowest BCUT2D eigenvalue weighted by molar-refractivity contribution is -0.133. The summed E-state index contributed by atoms with van der Waals surface area (Å²) < 4.78 is 5.64. The SMILES string of the molecule is O=C(O)CSc1nnc(NC(=O)NC2CCOC2)s1. The number of aliphatic carboxylic acids is 1. The van der Waals surface area contributed by atoms with Crippen LogP contribution in [0.15, 0.2) is 4.34 Å². The second-order valence-electron chi connectivity index (χ2n) is 3.71. The van der Waals surface area contributed by atoms with Gasteiger partial charge in [-0.3, -0.25) is 10.1 Å². The van der Waals surface area contributed by atoms with Crippen molar-refractivity contribution in [1.29, 1.82) is 0 Å². The molecular formula is C9H12N4O4S2. The van der Waals surface area contributed by atoms with Gasteiger partial charge in [0.2, 0.25) is 5.13 Å². The highest BCUT2D eigenvalue weighted by molar-refractivity contribution is 8.01. The quantitative estimate of drug-likeness (QED) is 0.540. The number of aromatic nitrogens is 2. The van der Waals surface area contributed by atoms with E-state index in [4.69, 9.17) is 9.84 Å². The monoisotopic (exact) mass is 304 g/mol. The zero-order valence-electron chi connectivity index (χ0n) is 9.79. The number of ether oxygens (including phenoxy) is 1. The molecule has 1 aromatic heterocycles. The Morgan fingerprint density at radius 3 is 3.05 bits per heavy atom. The first-order valence-corrected chi connectivity index (χ1v) is 7.27. The van der Waals surface area contributed by atoms with Crippen LogP contribution in [0.1, 0.15) is 6.42 Å². The molecule has 1 aliphatic rings. The summed E-state index contributed by atoms with van der Waals surface area (Å²) in [6, 6.07) is -0.338. The van der Waals surface area contributed by atoms with E-state index in [1.54, 1.807) is 0 Å². The second kappa shape index (κ2) is 6.68. The van der Waals surface area contributed by atoms with Crippen LogP contribution in [-0.4, -0.2) is 52.3 Å². The Labute approximate surface area is 116 Å².